The van der Waals surface area contributed by atoms with Crippen molar-refractivity contribution in [1.82, 2.24) is 19.5 Å². The first kappa shape index (κ1) is 19.3. The summed E-state index contributed by atoms with van der Waals surface area (Å²) in [4.78, 5) is 13.1. The van der Waals surface area contributed by atoms with E-state index < -0.39 is 31.1 Å². The third-order valence-electron chi connectivity index (χ3n) is 6.21. The average molecular weight is 431 g/mol. The Bertz CT molecular complexity index is 1360. The van der Waals surface area contributed by atoms with Gasteiger partial charge in [0.2, 0.25) is 0 Å². The van der Waals surface area contributed by atoms with E-state index in [0.29, 0.717) is 23.5 Å². The number of imidazole rings is 1. The predicted octanol–water partition coefficient (Wildman–Crippen LogP) is 1.56. The standard InChI is InChI=1S/C23H21N5O4/c29-9-16-19(30)20(31)23(32-16)28-11-27-18-21(25-10-26-22(18)28)24-8-14-7-13-5-1-3-12-4-2-6-15(14)17(12)13/h1-7,10-11,16,19-20,23,29-31H,8-9H2,(H,24,25,26)/t16-,19?,20?,23-/m1/s1. The Morgan fingerprint density at radius 3 is 2.69 bits per heavy atom. The first-order chi connectivity index (χ1) is 15.7. The molecule has 4 aromatic rings. The maximum atomic E-state index is 10.4. The summed E-state index contributed by atoms with van der Waals surface area (Å²) in [5.41, 5.74) is 4.55. The summed E-state index contributed by atoms with van der Waals surface area (Å²) in [7, 11) is 0. The van der Waals surface area contributed by atoms with Gasteiger partial charge in [-0.2, -0.15) is 0 Å². The molecule has 1 fully saturated rings. The topological polar surface area (TPSA) is 126 Å². The van der Waals surface area contributed by atoms with Gasteiger partial charge in [0.05, 0.1) is 12.9 Å². The molecule has 2 aromatic heterocycles. The van der Waals surface area contributed by atoms with Crippen molar-refractivity contribution < 1.29 is 20.1 Å². The number of rotatable bonds is 5. The van der Waals surface area contributed by atoms with Crippen LogP contribution in [0.1, 0.15) is 17.4 Å². The number of benzene rings is 2. The number of aliphatic hydroxyl groups is 3. The molecular formula is C23H21N5O4. The molecule has 9 nitrogen and oxygen atoms in total. The zero-order valence-corrected chi connectivity index (χ0v) is 17.0. The lowest BCUT2D eigenvalue weighted by atomic mass is 10.0. The lowest BCUT2D eigenvalue weighted by Crippen LogP contribution is -2.33. The van der Waals surface area contributed by atoms with Crippen LogP contribution in [0.5, 0.6) is 0 Å². The minimum absolute atomic E-state index is 0.395. The minimum atomic E-state index is -1.21. The molecule has 3 heterocycles. The van der Waals surface area contributed by atoms with E-state index in [2.05, 4.69) is 62.7 Å². The van der Waals surface area contributed by atoms with Crippen LogP contribution in [0.15, 0.2) is 49.1 Å². The fourth-order valence-corrected chi connectivity index (χ4v) is 4.63. The molecule has 0 radical (unpaired) electrons. The largest absolute Gasteiger partial charge is 0.394 e. The van der Waals surface area contributed by atoms with Crippen molar-refractivity contribution in [1.29, 1.82) is 0 Å². The van der Waals surface area contributed by atoms with Gasteiger partial charge in [0.25, 0.3) is 0 Å². The summed E-state index contributed by atoms with van der Waals surface area (Å²) < 4.78 is 7.17. The second kappa shape index (κ2) is 7.35. The maximum Gasteiger partial charge on any atom is 0.167 e. The van der Waals surface area contributed by atoms with Crippen LogP contribution >= 0.6 is 0 Å². The first-order valence-corrected chi connectivity index (χ1v) is 10.4. The Balaban J connectivity index is 1.29. The highest BCUT2D eigenvalue weighted by Crippen LogP contribution is 2.37. The van der Waals surface area contributed by atoms with Crippen molar-refractivity contribution in [3.8, 4) is 0 Å². The third kappa shape index (κ3) is 2.83. The number of fused-ring (bicyclic) bond motifs is 1. The van der Waals surface area contributed by atoms with Crippen LogP contribution < -0.4 is 5.32 Å². The van der Waals surface area contributed by atoms with E-state index in [4.69, 9.17) is 4.74 Å². The maximum absolute atomic E-state index is 10.4. The number of nitrogens with one attached hydrogen (secondary N) is 1. The van der Waals surface area contributed by atoms with Gasteiger partial charge in [0, 0.05) is 6.54 Å². The number of aliphatic hydroxyl groups excluding tert-OH is 3. The van der Waals surface area contributed by atoms with Crippen molar-refractivity contribution in [2.45, 2.75) is 24.5 Å². The summed E-state index contributed by atoms with van der Waals surface area (Å²) in [5.74, 6) is 0.560. The van der Waals surface area contributed by atoms with Crippen LogP contribution in [0.2, 0.25) is 0 Å². The monoisotopic (exact) mass is 431 g/mol. The molecule has 4 atom stereocenters. The predicted molar refractivity (Wildman–Crippen MR) is 119 cm³/mol. The Hall–Kier alpha value is -3.37. The molecule has 9 heteroatoms. The summed E-state index contributed by atoms with van der Waals surface area (Å²) in [6, 6.07) is 12.6. The number of hydrogen-bond acceptors (Lipinski definition) is 8. The van der Waals surface area contributed by atoms with Gasteiger partial charge in [-0.3, -0.25) is 4.57 Å². The lowest BCUT2D eigenvalue weighted by molar-refractivity contribution is -0.0511. The average Bonchev–Trinajstić information content (AvgIpc) is 3.49. The van der Waals surface area contributed by atoms with Crippen LogP contribution in [0, 0.1) is 0 Å². The Labute approximate surface area is 182 Å². The fourth-order valence-electron chi connectivity index (χ4n) is 4.63. The molecule has 0 saturated carbocycles. The summed E-state index contributed by atoms with van der Waals surface area (Å²) in [5, 5.41) is 35.6. The molecule has 0 bridgehead atoms. The molecule has 4 N–H and O–H groups in total. The molecule has 0 spiro atoms. The van der Waals surface area contributed by atoms with E-state index in [1.807, 2.05) is 0 Å². The second-order valence-corrected chi connectivity index (χ2v) is 8.05. The van der Waals surface area contributed by atoms with Crippen molar-refractivity contribution in [3.63, 3.8) is 0 Å². The number of nitrogens with zero attached hydrogens (tertiary/aromatic N) is 4. The van der Waals surface area contributed by atoms with E-state index >= 15 is 0 Å². The van der Waals surface area contributed by atoms with Gasteiger partial charge in [0.1, 0.15) is 24.6 Å². The molecule has 0 amide bonds. The Morgan fingerprint density at radius 2 is 1.88 bits per heavy atom. The summed E-state index contributed by atoms with van der Waals surface area (Å²) in [6.45, 7) is 0.161. The van der Waals surface area contributed by atoms with E-state index in [1.54, 1.807) is 4.57 Å². The molecule has 32 heavy (non-hydrogen) atoms. The molecule has 162 valence electrons. The molecule has 6 rings (SSSR count). The number of aromatic nitrogens is 4. The van der Waals surface area contributed by atoms with Gasteiger partial charge in [-0.15, -0.1) is 0 Å². The molecule has 1 aliphatic heterocycles. The highest BCUT2D eigenvalue weighted by Gasteiger charge is 2.44. The fraction of sp³-hybridized carbons (Fsp3) is 0.261. The van der Waals surface area contributed by atoms with Crippen LogP contribution in [0.25, 0.3) is 33.6 Å². The third-order valence-corrected chi connectivity index (χ3v) is 6.21. The van der Waals surface area contributed by atoms with E-state index in [0.717, 1.165) is 5.57 Å². The van der Waals surface area contributed by atoms with Gasteiger partial charge in [-0.05, 0) is 33.5 Å². The Kier molecular flexibility index (Phi) is 4.44. The van der Waals surface area contributed by atoms with Gasteiger partial charge in [0.15, 0.2) is 23.2 Å². The van der Waals surface area contributed by atoms with Gasteiger partial charge < -0.3 is 25.4 Å². The normalized spacial score (nSPS) is 24.4. The zero-order chi connectivity index (χ0) is 21.8. The van der Waals surface area contributed by atoms with Crippen molar-refractivity contribution in [2.24, 2.45) is 0 Å². The zero-order valence-electron chi connectivity index (χ0n) is 17.0. The van der Waals surface area contributed by atoms with Crippen molar-refractivity contribution in [3.05, 3.63) is 60.2 Å². The quantitative estimate of drug-likeness (QED) is 0.375. The molecular weight excluding hydrogens is 410 g/mol. The first-order valence-electron chi connectivity index (χ1n) is 10.4. The van der Waals surface area contributed by atoms with E-state index in [-0.39, 0.29) is 0 Å². The van der Waals surface area contributed by atoms with Crippen LogP contribution in [-0.2, 0) is 4.74 Å². The second-order valence-electron chi connectivity index (χ2n) is 8.05. The molecule has 2 aliphatic rings. The van der Waals surface area contributed by atoms with E-state index in [1.165, 1.54) is 34.6 Å². The van der Waals surface area contributed by atoms with Crippen LogP contribution in [-0.4, -0.2) is 66.3 Å². The molecule has 2 unspecified atom stereocenters. The van der Waals surface area contributed by atoms with Gasteiger partial charge >= 0.3 is 0 Å². The smallest absolute Gasteiger partial charge is 0.167 e. The highest BCUT2D eigenvalue weighted by atomic mass is 16.6. The Morgan fingerprint density at radius 1 is 1.03 bits per heavy atom. The molecule has 1 saturated heterocycles. The van der Waals surface area contributed by atoms with Crippen molar-refractivity contribution >= 4 is 39.4 Å². The lowest BCUT2D eigenvalue weighted by Gasteiger charge is -2.16. The minimum Gasteiger partial charge on any atom is -0.394 e. The van der Waals surface area contributed by atoms with Gasteiger partial charge in [-0.25, -0.2) is 15.0 Å². The van der Waals surface area contributed by atoms with Gasteiger partial charge in [-0.1, -0.05) is 36.4 Å². The number of ether oxygens (including phenoxy) is 1. The van der Waals surface area contributed by atoms with Crippen LogP contribution in [0.4, 0.5) is 5.82 Å². The molecule has 1 aliphatic carbocycles. The SMILES string of the molecule is OC[C@H]1O[C@@H](n2cnc3c(NCC4=Cc5cccc6cccc4c56)ncnc32)C(O)C1O. The number of hydrogen-bond donors (Lipinski definition) is 4. The highest BCUT2D eigenvalue weighted by molar-refractivity contribution is 6.09. The van der Waals surface area contributed by atoms with Crippen LogP contribution in [0.3, 0.4) is 0 Å². The van der Waals surface area contributed by atoms with Crippen molar-refractivity contribution in [2.75, 3.05) is 18.5 Å². The molecule has 2 aromatic carbocycles. The summed E-state index contributed by atoms with van der Waals surface area (Å²) in [6.07, 6.45) is 0.920. The number of anilines is 1. The summed E-state index contributed by atoms with van der Waals surface area (Å²) >= 11 is 0. The van der Waals surface area contributed by atoms with E-state index in [9.17, 15) is 15.3 Å².